The Morgan fingerprint density at radius 1 is 1.33 bits per heavy atom. The molecule has 0 aliphatic heterocycles. The van der Waals surface area contributed by atoms with Crippen LogP contribution in [0.2, 0.25) is 0 Å². The molecule has 0 amide bonds. The zero-order valence-electron chi connectivity index (χ0n) is 14.4. The molecule has 0 aliphatic rings. The molecule has 1 N–H and O–H groups in total. The molecule has 1 aromatic carbocycles. The highest BCUT2D eigenvalue weighted by Crippen LogP contribution is 2.24. The van der Waals surface area contributed by atoms with Crippen LogP contribution in [-0.2, 0) is 18.3 Å². The van der Waals surface area contributed by atoms with Crippen molar-refractivity contribution < 1.29 is 9.66 Å². The lowest BCUT2D eigenvalue weighted by Gasteiger charge is -2.08. The van der Waals surface area contributed by atoms with Crippen LogP contribution in [0.1, 0.15) is 25.8 Å². The van der Waals surface area contributed by atoms with Crippen LogP contribution < -0.4 is 5.32 Å². The van der Waals surface area contributed by atoms with Gasteiger partial charge in [-0.1, -0.05) is 0 Å². The standard InChI is InChI=1S/C17H24N4O3/c1-13(2)24-10-4-9-18-11-15-12-20(3)19-17(15)14-5-7-16(8-6-14)21(22)23/h5-8,12-13,18H,4,9-11H2,1-3H3. The van der Waals surface area contributed by atoms with Crippen LogP contribution in [0.25, 0.3) is 11.3 Å². The van der Waals surface area contributed by atoms with Gasteiger partial charge in [-0.05, 0) is 38.9 Å². The molecule has 0 unspecified atom stereocenters. The number of nitrogens with zero attached hydrogens (tertiary/aromatic N) is 3. The highest BCUT2D eigenvalue weighted by atomic mass is 16.6. The van der Waals surface area contributed by atoms with E-state index in [2.05, 4.69) is 10.4 Å². The maximum atomic E-state index is 10.8. The lowest BCUT2D eigenvalue weighted by molar-refractivity contribution is -0.384. The summed E-state index contributed by atoms with van der Waals surface area (Å²) in [4.78, 5) is 10.4. The quantitative estimate of drug-likeness (QED) is 0.434. The van der Waals surface area contributed by atoms with E-state index in [1.54, 1.807) is 16.8 Å². The number of nitro groups is 1. The SMILES string of the molecule is CC(C)OCCCNCc1cn(C)nc1-c1ccc([N+](=O)[O-])cc1. The summed E-state index contributed by atoms with van der Waals surface area (Å²) >= 11 is 0. The zero-order valence-corrected chi connectivity index (χ0v) is 14.4. The molecule has 0 bridgehead atoms. The molecule has 24 heavy (non-hydrogen) atoms. The van der Waals surface area contributed by atoms with Crippen LogP contribution in [0.3, 0.4) is 0 Å². The number of aryl methyl sites for hydroxylation is 1. The van der Waals surface area contributed by atoms with E-state index in [1.165, 1.54) is 12.1 Å². The number of rotatable bonds is 9. The monoisotopic (exact) mass is 332 g/mol. The summed E-state index contributed by atoms with van der Waals surface area (Å²) in [6.45, 7) is 6.36. The van der Waals surface area contributed by atoms with Crippen LogP contribution in [-0.4, -0.2) is 34.0 Å². The zero-order chi connectivity index (χ0) is 17.5. The molecule has 0 saturated carbocycles. The molecule has 0 radical (unpaired) electrons. The van der Waals surface area contributed by atoms with Gasteiger partial charge >= 0.3 is 0 Å². The van der Waals surface area contributed by atoms with Crippen LogP contribution in [0, 0.1) is 10.1 Å². The van der Waals surface area contributed by atoms with Crippen molar-refractivity contribution in [1.29, 1.82) is 0 Å². The van der Waals surface area contributed by atoms with Gasteiger partial charge in [-0.15, -0.1) is 0 Å². The molecule has 7 nitrogen and oxygen atoms in total. The van der Waals surface area contributed by atoms with Crippen LogP contribution >= 0.6 is 0 Å². The first-order chi connectivity index (χ1) is 11.5. The highest BCUT2D eigenvalue weighted by Gasteiger charge is 2.12. The number of nitro benzene ring substituents is 1. The van der Waals surface area contributed by atoms with Gasteiger partial charge in [0.15, 0.2) is 0 Å². The summed E-state index contributed by atoms with van der Waals surface area (Å²) in [5.74, 6) is 0. The van der Waals surface area contributed by atoms with Gasteiger partial charge in [0.05, 0.1) is 16.7 Å². The predicted molar refractivity (Wildman–Crippen MR) is 92.7 cm³/mol. The van der Waals surface area contributed by atoms with Gasteiger partial charge in [0.1, 0.15) is 0 Å². The highest BCUT2D eigenvalue weighted by molar-refractivity contribution is 5.64. The normalized spacial score (nSPS) is 11.2. The first-order valence-corrected chi connectivity index (χ1v) is 8.07. The van der Waals surface area contributed by atoms with Crippen LogP contribution in [0.15, 0.2) is 30.5 Å². The first kappa shape index (κ1) is 18.1. The van der Waals surface area contributed by atoms with Crippen molar-refractivity contribution in [1.82, 2.24) is 15.1 Å². The van der Waals surface area contributed by atoms with Crippen LogP contribution in [0.4, 0.5) is 5.69 Å². The molecule has 0 saturated heterocycles. The molecule has 1 aromatic heterocycles. The second kappa shape index (κ2) is 8.56. The Hall–Kier alpha value is -2.25. The number of benzene rings is 1. The van der Waals surface area contributed by atoms with Crippen molar-refractivity contribution in [2.45, 2.75) is 32.9 Å². The van der Waals surface area contributed by atoms with E-state index in [9.17, 15) is 10.1 Å². The molecule has 1 heterocycles. The fourth-order valence-corrected chi connectivity index (χ4v) is 2.39. The summed E-state index contributed by atoms with van der Waals surface area (Å²) < 4.78 is 7.27. The summed E-state index contributed by atoms with van der Waals surface area (Å²) in [6.07, 6.45) is 3.18. The molecular weight excluding hydrogens is 308 g/mol. The number of ether oxygens (including phenoxy) is 1. The van der Waals surface area contributed by atoms with Crippen LogP contribution in [0.5, 0.6) is 0 Å². The summed E-state index contributed by atoms with van der Waals surface area (Å²) in [5.41, 5.74) is 2.87. The number of aromatic nitrogens is 2. The van der Waals surface area contributed by atoms with Crippen molar-refractivity contribution in [3.05, 3.63) is 46.1 Å². The molecule has 0 aliphatic carbocycles. The van der Waals surface area contributed by atoms with Crippen molar-refractivity contribution in [2.75, 3.05) is 13.2 Å². The third kappa shape index (κ3) is 5.14. The minimum Gasteiger partial charge on any atom is -0.379 e. The second-order valence-electron chi connectivity index (χ2n) is 5.93. The van der Waals surface area contributed by atoms with Gasteiger partial charge in [0.2, 0.25) is 0 Å². The Labute approximate surface area is 141 Å². The van der Waals surface area contributed by atoms with Gasteiger partial charge < -0.3 is 10.1 Å². The van der Waals surface area contributed by atoms with E-state index in [1.807, 2.05) is 27.1 Å². The predicted octanol–water partition coefficient (Wildman–Crippen LogP) is 2.90. The van der Waals surface area contributed by atoms with Gasteiger partial charge in [0, 0.05) is 49.7 Å². The molecular formula is C17H24N4O3. The Bertz CT molecular complexity index is 665. The third-order valence-corrected chi connectivity index (χ3v) is 3.52. The van der Waals surface area contributed by atoms with Crippen molar-refractivity contribution in [3.8, 4) is 11.3 Å². The number of nitrogens with one attached hydrogen (secondary N) is 1. The average Bonchev–Trinajstić information content (AvgIpc) is 2.91. The van der Waals surface area contributed by atoms with E-state index in [4.69, 9.17) is 4.74 Å². The number of hydrogen-bond donors (Lipinski definition) is 1. The Balaban J connectivity index is 1.96. The lowest BCUT2D eigenvalue weighted by atomic mass is 10.1. The summed E-state index contributed by atoms with van der Waals surface area (Å²) in [7, 11) is 1.87. The molecule has 0 fully saturated rings. The van der Waals surface area contributed by atoms with E-state index in [-0.39, 0.29) is 11.8 Å². The minimum absolute atomic E-state index is 0.0829. The lowest BCUT2D eigenvalue weighted by Crippen LogP contribution is -2.17. The Kier molecular flexibility index (Phi) is 6.45. The number of non-ortho nitro benzene ring substituents is 1. The number of hydrogen-bond acceptors (Lipinski definition) is 5. The van der Waals surface area contributed by atoms with Gasteiger partial charge in [-0.3, -0.25) is 14.8 Å². The van der Waals surface area contributed by atoms with E-state index >= 15 is 0 Å². The van der Waals surface area contributed by atoms with Crippen molar-refractivity contribution in [3.63, 3.8) is 0 Å². The molecule has 2 aromatic rings. The van der Waals surface area contributed by atoms with E-state index < -0.39 is 4.92 Å². The summed E-state index contributed by atoms with van der Waals surface area (Å²) in [6, 6.07) is 6.48. The fraction of sp³-hybridized carbons (Fsp3) is 0.471. The second-order valence-corrected chi connectivity index (χ2v) is 5.93. The van der Waals surface area contributed by atoms with Gasteiger partial charge in [0.25, 0.3) is 5.69 Å². The topological polar surface area (TPSA) is 82.2 Å². The van der Waals surface area contributed by atoms with Crippen molar-refractivity contribution >= 4 is 5.69 Å². The maximum absolute atomic E-state index is 10.8. The molecule has 0 atom stereocenters. The Morgan fingerprint density at radius 3 is 2.67 bits per heavy atom. The third-order valence-electron chi connectivity index (χ3n) is 3.52. The van der Waals surface area contributed by atoms with E-state index in [0.717, 1.165) is 36.4 Å². The molecule has 130 valence electrons. The smallest absolute Gasteiger partial charge is 0.269 e. The molecule has 7 heteroatoms. The molecule has 2 rings (SSSR count). The fourth-order valence-electron chi connectivity index (χ4n) is 2.39. The molecule has 0 spiro atoms. The van der Waals surface area contributed by atoms with Gasteiger partial charge in [-0.25, -0.2) is 0 Å². The maximum Gasteiger partial charge on any atom is 0.269 e. The summed E-state index contributed by atoms with van der Waals surface area (Å²) in [5, 5.41) is 18.6. The van der Waals surface area contributed by atoms with E-state index in [0.29, 0.717) is 6.54 Å². The van der Waals surface area contributed by atoms with Gasteiger partial charge in [-0.2, -0.15) is 5.10 Å². The minimum atomic E-state index is -0.399. The largest absolute Gasteiger partial charge is 0.379 e. The Morgan fingerprint density at radius 2 is 2.04 bits per heavy atom. The average molecular weight is 332 g/mol. The van der Waals surface area contributed by atoms with Crippen molar-refractivity contribution in [2.24, 2.45) is 7.05 Å². The first-order valence-electron chi connectivity index (χ1n) is 8.07.